The van der Waals surface area contributed by atoms with Crippen molar-refractivity contribution in [3.8, 4) is 6.07 Å². The highest BCUT2D eigenvalue weighted by Crippen LogP contribution is 2.12. The van der Waals surface area contributed by atoms with E-state index in [-0.39, 0.29) is 0 Å². The quantitative estimate of drug-likeness (QED) is 0.917. The summed E-state index contributed by atoms with van der Waals surface area (Å²) in [6, 6.07) is 7.76. The van der Waals surface area contributed by atoms with Crippen LogP contribution in [0.4, 0.5) is 4.79 Å². The standard InChI is InChI=1S/C16H20N2O2/c1-12-7-8-14(11-17)13(10-12)6-5-9-18-15(19)20-16(2,3)4/h5-8,10H,9H2,1-4H3,(H,18,19). The number of amides is 1. The van der Waals surface area contributed by atoms with E-state index in [1.165, 1.54) is 0 Å². The molecule has 1 amide bonds. The van der Waals surface area contributed by atoms with Crippen LogP contribution < -0.4 is 5.32 Å². The number of carbonyl (C=O) groups is 1. The van der Waals surface area contributed by atoms with Crippen LogP contribution in [-0.4, -0.2) is 18.2 Å². The second-order valence-electron chi connectivity index (χ2n) is 5.49. The van der Waals surface area contributed by atoms with Crippen LogP contribution in [0.3, 0.4) is 0 Å². The molecule has 1 rings (SSSR count). The predicted octanol–water partition coefficient (Wildman–Crippen LogP) is 3.40. The monoisotopic (exact) mass is 272 g/mol. The Morgan fingerprint density at radius 1 is 1.45 bits per heavy atom. The number of hydrogen-bond acceptors (Lipinski definition) is 3. The van der Waals surface area contributed by atoms with E-state index in [0.717, 1.165) is 11.1 Å². The first-order valence-electron chi connectivity index (χ1n) is 6.46. The van der Waals surface area contributed by atoms with Gasteiger partial charge >= 0.3 is 6.09 Å². The first kappa shape index (κ1) is 15.8. The Hall–Kier alpha value is -2.28. The van der Waals surface area contributed by atoms with Crippen LogP contribution in [0.25, 0.3) is 6.08 Å². The van der Waals surface area contributed by atoms with E-state index in [1.807, 2.05) is 45.9 Å². The normalized spacial score (nSPS) is 11.2. The average molecular weight is 272 g/mol. The summed E-state index contributed by atoms with van der Waals surface area (Å²) < 4.78 is 5.12. The lowest BCUT2D eigenvalue weighted by atomic mass is 10.1. The van der Waals surface area contributed by atoms with E-state index < -0.39 is 11.7 Å². The highest BCUT2D eigenvalue weighted by Gasteiger charge is 2.14. The van der Waals surface area contributed by atoms with Gasteiger partial charge in [0.25, 0.3) is 0 Å². The number of ether oxygens (including phenoxy) is 1. The molecule has 0 aromatic heterocycles. The molecule has 0 heterocycles. The van der Waals surface area contributed by atoms with Crippen molar-refractivity contribution < 1.29 is 9.53 Å². The molecule has 0 fully saturated rings. The van der Waals surface area contributed by atoms with Gasteiger partial charge in [0.15, 0.2) is 0 Å². The van der Waals surface area contributed by atoms with Crippen LogP contribution in [-0.2, 0) is 4.74 Å². The van der Waals surface area contributed by atoms with E-state index >= 15 is 0 Å². The average Bonchev–Trinajstić information content (AvgIpc) is 2.33. The summed E-state index contributed by atoms with van der Waals surface area (Å²) in [6.45, 7) is 7.77. The van der Waals surface area contributed by atoms with Gasteiger partial charge in [0, 0.05) is 6.54 Å². The Morgan fingerprint density at radius 2 is 2.15 bits per heavy atom. The lowest BCUT2D eigenvalue weighted by Gasteiger charge is -2.19. The van der Waals surface area contributed by atoms with Crippen LogP contribution in [0, 0.1) is 18.3 Å². The van der Waals surface area contributed by atoms with E-state index in [0.29, 0.717) is 12.1 Å². The van der Waals surface area contributed by atoms with Crippen LogP contribution in [0.15, 0.2) is 24.3 Å². The third-order valence-electron chi connectivity index (χ3n) is 2.39. The molecule has 106 valence electrons. The van der Waals surface area contributed by atoms with Crippen molar-refractivity contribution >= 4 is 12.2 Å². The van der Waals surface area contributed by atoms with Gasteiger partial charge in [0.05, 0.1) is 11.6 Å². The second kappa shape index (κ2) is 6.76. The fourth-order valence-corrected chi connectivity index (χ4v) is 1.56. The molecule has 0 radical (unpaired) electrons. The zero-order valence-electron chi connectivity index (χ0n) is 12.4. The van der Waals surface area contributed by atoms with Gasteiger partial charge in [-0.1, -0.05) is 29.8 Å². The summed E-state index contributed by atoms with van der Waals surface area (Å²) in [5, 5.41) is 11.6. The summed E-state index contributed by atoms with van der Waals surface area (Å²) in [6.07, 6.45) is 3.16. The molecule has 0 saturated carbocycles. The molecular weight excluding hydrogens is 252 g/mol. The maximum absolute atomic E-state index is 11.4. The highest BCUT2D eigenvalue weighted by atomic mass is 16.6. The maximum Gasteiger partial charge on any atom is 0.407 e. The Morgan fingerprint density at radius 3 is 2.75 bits per heavy atom. The third kappa shape index (κ3) is 5.57. The molecule has 1 aromatic rings. The number of nitrogens with one attached hydrogen (secondary N) is 1. The second-order valence-corrected chi connectivity index (χ2v) is 5.49. The molecule has 1 N–H and O–H groups in total. The molecule has 20 heavy (non-hydrogen) atoms. The molecule has 0 aliphatic rings. The predicted molar refractivity (Wildman–Crippen MR) is 79.2 cm³/mol. The summed E-state index contributed by atoms with van der Waals surface area (Å²) in [5.41, 5.74) is 2.05. The fraction of sp³-hybridized carbons (Fsp3) is 0.375. The van der Waals surface area contributed by atoms with Gasteiger partial charge in [-0.3, -0.25) is 0 Å². The topological polar surface area (TPSA) is 62.1 Å². The number of hydrogen-bond donors (Lipinski definition) is 1. The van der Waals surface area contributed by atoms with Crippen LogP contribution >= 0.6 is 0 Å². The Balaban J connectivity index is 2.56. The molecule has 0 atom stereocenters. The molecular formula is C16H20N2O2. The molecule has 0 aliphatic heterocycles. The maximum atomic E-state index is 11.4. The molecule has 0 bridgehead atoms. The van der Waals surface area contributed by atoms with Crippen molar-refractivity contribution in [1.82, 2.24) is 5.32 Å². The number of carbonyl (C=O) groups excluding carboxylic acids is 1. The van der Waals surface area contributed by atoms with Gasteiger partial charge in [0.2, 0.25) is 0 Å². The molecule has 4 heteroatoms. The van der Waals surface area contributed by atoms with Gasteiger partial charge in [-0.25, -0.2) is 4.79 Å². The van der Waals surface area contributed by atoms with E-state index in [2.05, 4.69) is 11.4 Å². The smallest absolute Gasteiger partial charge is 0.407 e. The zero-order chi connectivity index (χ0) is 15.2. The summed E-state index contributed by atoms with van der Waals surface area (Å²) in [5.74, 6) is 0. The minimum Gasteiger partial charge on any atom is -0.444 e. The van der Waals surface area contributed by atoms with Crippen molar-refractivity contribution in [3.63, 3.8) is 0 Å². The first-order chi connectivity index (χ1) is 9.31. The Bertz CT molecular complexity index is 549. The number of nitriles is 1. The van der Waals surface area contributed by atoms with Crippen molar-refractivity contribution in [1.29, 1.82) is 5.26 Å². The Labute approximate surface area is 120 Å². The van der Waals surface area contributed by atoms with E-state index in [4.69, 9.17) is 10.00 Å². The molecule has 4 nitrogen and oxygen atoms in total. The lowest BCUT2D eigenvalue weighted by molar-refractivity contribution is 0.0534. The van der Waals surface area contributed by atoms with Crippen molar-refractivity contribution in [2.75, 3.05) is 6.54 Å². The number of alkyl carbamates (subject to hydrolysis) is 1. The highest BCUT2D eigenvalue weighted by molar-refractivity contribution is 5.68. The molecule has 1 aromatic carbocycles. The van der Waals surface area contributed by atoms with E-state index in [1.54, 1.807) is 12.1 Å². The number of rotatable bonds is 3. The number of nitrogens with zero attached hydrogens (tertiary/aromatic N) is 1. The molecule has 0 unspecified atom stereocenters. The van der Waals surface area contributed by atoms with Crippen molar-refractivity contribution in [2.24, 2.45) is 0 Å². The third-order valence-corrected chi connectivity index (χ3v) is 2.39. The van der Waals surface area contributed by atoms with Gasteiger partial charge in [-0.15, -0.1) is 0 Å². The van der Waals surface area contributed by atoms with Crippen molar-refractivity contribution in [3.05, 3.63) is 41.0 Å². The van der Waals surface area contributed by atoms with Crippen molar-refractivity contribution in [2.45, 2.75) is 33.3 Å². The fourth-order valence-electron chi connectivity index (χ4n) is 1.56. The van der Waals surface area contributed by atoms with E-state index in [9.17, 15) is 4.79 Å². The summed E-state index contributed by atoms with van der Waals surface area (Å²) in [7, 11) is 0. The van der Waals surface area contributed by atoms with Crippen LogP contribution in [0.1, 0.15) is 37.5 Å². The number of benzene rings is 1. The minimum atomic E-state index is -0.502. The zero-order valence-corrected chi connectivity index (χ0v) is 12.4. The largest absolute Gasteiger partial charge is 0.444 e. The lowest BCUT2D eigenvalue weighted by Crippen LogP contribution is -2.32. The van der Waals surface area contributed by atoms with Crippen LogP contribution in [0.5, 0.6) is 0 Å². The molecule has 0 saturated heterocycles. The number of aryl methyl sites for hydroxylation is 1. The first-order valence-corrected chi connectivity index (χ1v) is 6.46. The molecule has 0 spiro atoms. The van der Waals surface area contributed by atoms with Gasteiger partial charge in [0.1, 0.15) is 5.60 Å². The summed E-state index contributed by atoms with van der Waals surface area (Å²) >= 11 is 0. The van der Waals surface area contributed by atoms with Crippen LogP contribution in [0.2, 0.25) is 0 Å². The Kier molecular flexibility index (Phi) is 5.33. The van der Waals surface area contributed by atoms with Gasteiger partial charge in [-0.05, 0) is 39.3 Å². The molecule has 0 aliphatic carbocycles. The SMILES string of the molecule is Cc1ccc(C#N)c(C=CCNC(=O)OC(C)(C)C)c1. The van der Waals surface area contributed by atoms with Gasteiger partial charge < -0.3 is 10.1 Å². The summed E-state index contributed by atoms with van der Waals surface area (Å²) in [4.78, 5) is 11.4. The van der Waals surface area contributed by atoms with Gasteiger partial charge in [-0.2, -0.15) is 5.26 Å². The minimum absolute atomic E-state index is 0.355.